The second-order valence-electron chi connectivity index (χ2n) is 6.78. The second kappa shape index (κ2) is 7.86. The molecule has 3 rings (SSSR count). The summed E-state index contributed by atoms with van der Waals surface area (Å²) in [6.07, 6.45) is 0. The van der Waals surface area contributed by atoms with Gasteiger partial charge in [0, 0.05) is 38.2 Å². The van der Waals surface area contributed by atoms with Crippen LogP contribution < -0.4 is 10.2 Å². The van der Waals surface area contributed by atoms with E-state index in [1.165, 1.54) is 7.11 Å². The van der Waals surface area contributed by atoms with Crippen molar-refractivity contribution in [2.24, 2.45) is 5.92 Å². The summed E-state index contributed by atoms with van der Waals surface area (Å²) in [7, 11) is 1.33. The van der Waals surface area contributed by atoms with E-state index in [1.807, 2.05) is 23.6 Å². The molecule has 0 unspecified atom stereocenters. The van der Waals surface area contributed by atoms with E-state index in [4.69, 9.17) is 9.47 Å². The van der Waals surface area contributed by atoms with Crippen LogP contribution in [0.25, 0.3) is 0 Å². The van der Waals surface area contributed by atoms with Gasteiger partial charge in [-0.05, 0) is 0 Å². The minimum atomic E-state index is -0.504. The van der Waals surface area contributed by atoms with Gasteiger partial charge in [0.25, 0.3) is 0 Å². The first-order valence-corrected chi connectivity index (χ1v) is 8.83. The number of rotatable bonds is 5. The zero-order chi connectivity index (χ0) is 18.7. The highest BCUT2D eigenvalue weighted by Crippen LogP contribution is 2.19. The number of esters is 1. The van der Waals surface area contributed by atoms with Gasteiger partial charge in [-0.3, -0.25) is 4.79 Å². The maximum atomic E-state index is 12.1. The molecule has 9 nitrogen and oxygen atoms in total. The fourth-order valence-corrected chi connectivity index (χ4v) is 2.88. The maximum Gasteiger partial charge on any atom is 0.356 e. The number of aromatic nitrogens is 2. The lowest BCUT2D eigenvalue weighted by atomic mass is 10.1. The summed E-state index contributed by atoms with van der Waals surface area (Å²) in [6.45, 7) is 7.50. The quantitative estimate of drug-likeness (QED) is 0.750. The molecule has 0 saturated carbocycles. The molecule has 1 N–H and O–H groups in total. The number of anilines is 2. The van der Waals surface area contributed by atoms with Gasteiger partial charge in [-0.1, -0.05) is 13.8 Å². The summed E-state index contributed by atoms with van der Waals surface area (Å²) in [5.74, 6) is 0.675. The number of piperazine rings is 1. The number of hydrogen-bond acceptors (Lipinski definition) is 8. The van der Waals surface area contributed by atoms with Gasteiger partial charge in [-0.25, -0.2) is 9.78 Å². The topological polar surface area (TPSA) is 96.9 Å². The predicted molar refractivity (Wildman–Crippen MR) is 95.2 cm³/mol. The molecule has 1 aromatic rings. The smallest absolute Gasteiger partial charge is 0.356 e. The second-order valence-corrected chi connectivity index (χ2v) is 6.78. The van der Waals surface area contributed by atoms with Gasteiger partial charge in [0.1, 0.15) is 5.82 Å². The number of hydrogen-bond donors (Lipinski definition) is 1. The van der Waals surface area contributed by atoms with E-state index in [2.05, 4.69) is 15.3 Å². The Morgan fingerprint density at radius 1 is 1.23 bits per heavy atom. The molecule has 0 atom stereocenters. The number of amides is 1. The normalized spacial score (nSPS) is 17.8. The number of ether oxygens (including phenoxy) is 2. The number of carbonyl (C=O) groups is 2. The van der Waals surface area contributed by atoms with Crippen molar-refractivity contribution in [3.8, 4) is 0 Å². The molecule has 1 aromatic heterocycles. The van der Waals surface area contributed by atoms with Crippen LogP contribution in [0.4, 0.5) is 11.8 Å². The lowest BCUT2D eigenvalue weighted by molar-refractivity contribution is -0.134. The van der Waals surface area contributed by atoms with Gasteiger partial charge >= 0.3 is 5.97 Å². The van der Waals surface area contributed by atoms with E-state index >= 15 is 0 Å². The monoisotopic (exact) mass is 363 g/mol. The Morgan fingerprint density at radius 3 is 2.46 bits per heavy atom. The van der Waals surface area contributed by atoms with Crippen LogP contribution in [0.15, 0.2) is 6.07 Å². The molecule has 2 saturated heterocycles. The third kappa shape index (κ3) is 4.04. The van der Waals surface area contributed by atoms with Crippen LogP contribution >= 0.6 is 0 Å². The van der Waals surface area contributed by atoms with Crippen LogP contribution in [-0.2, 0) is 14.3 Å². The molecule has 0 bridgehead atoms. The lowest BCUT2D eigenvalue weighted by Crippen LogP contribution is -2.50. The number of carbonyl (C=O) groups excluding carboxylic acids is 2. The van der Waals surface area contributed by atoms with E-state index in [-0.39, 0.29) is 23.6 Å². The highest BCUT2D eigenvalue weighted by atomic mass is 16.5. The number of nitrogens with one attached hydrogen (secondary N) is 1. The van der Waals surface area contributed by atoms with E-state index in [1.54, 1.807) is 6.07 Å². The Morgan fingerprint density at radius 2 is 1.92 bits per heavy atom. The Balaban J connectivity index is 1.74. The van der Waals surface area contributed by atoms with Crippen molar-refractivity contribution in [1.82, 2.24) is 14.9 Å². The van der Waals surface area contributed by atoms with Gasteiger partial charge < -0.3 is 24.6 Å². The summed E-state index contributed by atoms with van der Waals surface area (Å²) in [6, 6.07) is 1.77. The summed E-state index contributed by atoms with van der Waals surface area (Å²) in [5, 5.41) is 3.24. The third-order valence-electron chi connectivity index (χ3n) is 4.47. The maximum absolute atomic E-state index is 12.1. The van der Waals surface area contributed by atoms with Crippen molar-refractivity contribution < 1.29 is 19.1 Å². The fourth-order valence-electron chi connectivity index (χ4n) is 2.88. The van der Waals surface area contributed by atoms with Crippen molar-refractivity contribution >= 4 is 23.6 Å². The zero-order valence-corrected chi connectivity index (χ0v) is 15.4. The average molecular weight is 363 g/mol. The third-order valence-corrected chi connectivity index (χ3v) is 4.47. The first kappa shape index (κ1) is 18.4. The molecule has 0 aliphatic carbocycles. The first-order chi connectivity index (χ1) is 12.5. The SMILES string of the molecule is COC(=O)c1cc(NC2COC2)nc(N2CCN(C(=O)C(C)C)CC2)n1. The summed E-state index contributed by atoms with van der Waals surface area (Å²) >= 11 is 0. The van der Waals surface area contributed by atoms with E-state index in [9.17, 15) is 9.59 Å². The van der Waals surface area contributed by atoms with E-state index in [0.29, 0.717) is 51.2 Å². The van der Waals surface area contributed by atoms with Crippen molar-refractivity contribution in [3.05, 3.63) is 11.8 Å². The van der Waals surface area contributed by atoms with Crippen LogP contribution in [0.2, 0.25) is 0 Å². The Hall–Kier alpha value is -2.42. The van der Waals surface area contributed by atoms with Crippen LogP contribution in [0.5, 0.6) is 0 Å². The molecule has 0 radical (unpaired) electrons. The highest BCUT2D eigenvalue weighted by molar-refractivity contribution is 5.88. The van der Waals surface area contributed by atoms with Crippen molar-refractivity contribution in [2.45, 2.75) is 19.9 Å². The molecule has 0 spiro atoms. The first-order valence-electron chi connectivity index (χ1n) is 8.83. The molecular formula is C17H25N5O4. The molecule has 3 heterocycles. The molecule has 142 valence electrons. The standard InChI is InChI=1S/C17H25N5O4/c1-11(2)15(23)21-4-6-22(7-5-21)17-19-13(16(24)25-3)8-14(20-17)18-12-9-26-10-12/h8,11-12H,4-7,9-10H2,1-3H3,(H,18,19,20). The molecule has 9 heteroatoms. The summed E-state index contributed by atoms with van der Waals surface area (Å²) in [5.41, 5.74) is 0.209. The molecule has 0 aromatic carbocycles. The van der Waals surface area contributed by atoms with E-state index < -0.39 is 5.97 Å². The zero-order valence-electron chi connectivity index (χ0n) is 15.4. The van der Waals surface area contributed by atoms with Gasteiger partial charge in [-0.15, -0.1) is 0 Å². The molecule has 2 fully saturated rings. The lowest BCUT2D eigenvalue weighted by Gasteiger charge is -2.36. The average Bonchev–Trinajstić information content (AvgIpc) is 2.63. The Labute approximate surface area is 152 Å². The van der Waals surface area contributed by atoms with E-state index in [0.717, 1.165) is 0 Å². The molecule has 1 amide bonds. The number of methoxy groups -OCH3 is 1. The highest BCUT2D eigenvalue weighted by Gasteiger charge is 2.26. The Bertz CT molecular complexity index is 669. The van der Waals surface area contributed by atoms with Gasteiger partial charge in [0.2, 0.25) is 11.9 Å². The minimum absolute atomic E-state index is 0.0130. The molecule has 2 aliphatic rings. The molecule has 2 aliphatic heterocycles. The van der Waals surface area contributed by atoms with Crippen molar-refractivity contribution in [3.63, 3.8) is 0 Å². The van der Waals surface area contributed by atoms with Crippen molar-refractivity contribution in [2.75, 3.05) is 56.7 Å². The summed E-state index contributed by atoms with van der Waals surface area (Å²) < 4.78 is 9.96. The van der Waals surface area contributed by atoms with Crippen molar-refractivity contribution in [1.29, 1.82) is 0 Å². The molecular weight excluding hydrogens is 338 g/mol. The minimum Gasteiger partial charge on any atom is -0.464 e. The predicted octanol–water partition coefficient (Wildman–Crippen LogP) is 0.378. The van der Waals surface area contributed by atoms with Crippen LogP contribution in [0, 0.1) is 5.92 Å². The van der Waals surface area contributed by atoms with Crippen LogP contribution in [0.1, 0.15) is 24.3 Å². The van der Waals surface area contributed by atoms with Gasteiger partial charge in [0.05, 0.1) is 26.4 Å². The van der Waals surface area contributed by atoms with Gasteiger partial charge in [-0.2, -0.15) is 4.98 Å². The molecule has 26 heavy (non-hydrogen) atoms. The largest absolute Gasteiger partial charge is 0.464 e. The summed E-state index contributed by atoms with van der Waals surface area (Å²) in [4.78, 5) is 36.8. The Kier molecular flexibility index (Phi) is 5.55. The fraction of sp³-hybridized carbons (Fsp3) is 0.647. The van der Waals surface area contributed by atoms with Crippen LogP contribution in [-0.4, -0.2) is 79.3 Å². The number of nitrogens with zero attached hydrogens (tertiary/aromatic N) is 4. The van der Waals surface area contributed by atoms with Gasteiger partial charge in [0.15, 0.2) is 5.69 Å². The van der Waals surface area contributed by atoms with Crippen LogP contribution in [0.3, 0.4) is 0 Å².